The molecule has 2 unspecified atom stereocenters. The smallest absolute Gasteiger partial charge is 0.262 e. The third-order valence-electron chi connectivity index (χ3n) is 5.04. The molecule has 3 aromatic carbocycles. The van der Waals surface area contributed by atoms with Gasteiger partial charge in [0.1, 0.15) is 17.5 Å². The van der Waals surface area contributed by atoms with E-state index in [1.165, 1.54) is 0 Å². The van der Waals surface area contributed by atoms with Crippen LogP contribution in [-0.2, 0) is 4.79 Å². The molecule has 2 amide bonds. The van der Waals surface area contributed by atoms with E-state index < -0.39 is 6.04 Å². The summed E-state index contributed by atoms with van der Waals surface area (Å²) in [6.45, 7) is 3.89. The molecule has 3 aromatic rings. The fraction of sp³-hybridized carbons (Fsp3) is 0.192. The van der Waals surface area contributed by atoms with Crippen molar-refractivity contribution in [2.24, 2.45) is 11.0 Å². The van der Waals surface area contributed by atoms with Crippen LogP contribution in [0.1, 0.15) is 36.2 Å². The minimum absolute atomic E-state index is 0.0551. The average Bonchev–Trinajstić information content (AvgIpc) is 2.83. The van der Waals surface area contributed by atoms with Gasteiger partial charge in [0.2, 0.25) is 0 Å². The lowest BCUT2D eigenvalue weighted by Gasteiger charge is -2.22. The van der Waals surface area contributed by atoms with Crippen LogP contribution in [0, 0.1) is 5.92 Å². The second-order valence-electron chi connectivity index (χ2n) is 7.42. The lowest BCUT2D eigenvalue weighted by Crippen LogP contribution is -2.49. The first kappa shape index (κ1) is 22.7. The molecule has 0 fully saturated rings. The SMILES string of the molecule is CCC(C)C(NC(=O)c1ccccc1)C(=O)NN=Cc1cccc(Oc2ccccc2)c1. The number of carbonyl (C=O) groups excluding carboxylic acids is 2. The Balaban J connectivity index is 1.63. The van der Waals surface area contributed by atoms with Crippen LogP contribution < -0.4 is 15.5 Å². The van der Waals surface area contributed by atoms with Crippen molar-refractivity contribution < 1.29 is 14.3 Å². The highest BCUT2D eigenvalue weighted by atomic mass is 16.5. The Kier molecular flexibility index (Phi) is 8.15. The highest BCUT2D eigenvalue weighted by molar-refractivity contribution is 5.97. The van der Waals surface area contributed by atoms with E-state index >= 15 is 0 Å². The van der Waals surface area contributed by atoms with Crippen molar-refractivity contribution >= 4 is 18.0 Å². The summed E-state index contributed by atoms with van der Waals surface area (Å²) in [5.41, 5.74) is 3.82. The molecule has 0 saturated heterocycles. The highest BCUT2D eigenvalue weighted by Gasteiger charge is 2.26. The van der Waals surface area contributed by atoms with Crippen LogP contribution >= 0.6 is 0 Å². The van der Waals surface area contributed by atoms with E-state index in [4.69, 9.17) is 4.74 Å². The molecule has 2 atom stereocenters. The first-order valence-corrected chi connectivity index (χ1v) is 10.6. The van der Waals surface area contributed by atoms with Gasteiger partial charge < -0.3 is 10.1 Å². The number of para-hydroxylation sites is 1. The second kappa shape index (κ2) is 11.5. The van der Waals surface area contributed by atoms with Crippen molar-refractivity contribution in [3.05, 3.63) is 96.1 Å². The van der Waals surface area contributed by atoms with Crippen molar-refractivity contribution in [1.82, 2.24) is 10.7 Å². The second-order valence-corrected chi connectivity index (χ2v) is 7.42. The fourth-order valence-corrected chi connectivity index (χ4v) is 3.04. The van der Waals surface area contributed by atoms with Crippen LogP contribution in [0.4, 0.5) is 0 Å². The average molecular weight is 430 g/mol. The predicted molar refractivity (Wildman–Crippen MR) is 126 cm³/mol. The molecule has 0 bridgehead atoms. The zero-order valence-electron chi connectivity index (χ0n) is 18.2. The monoisotopic (exact) mass is 429 g/mol. The third kappa shape index (κ3) is 6.54. The maximum Gasteiger partial charge on any atom is 0.262 e. The molecule has 3 rings (SSSR count). The topological polar surface area (TPSA) is 79.8 Å². The minimum atomic E-state index is -0.697. The summed E-state index contributed by atoms with van der Waals surface area (Å²) in [6, 6.07) is 25.0. The van der Waals surface area contributed by atoms with Crippen LogP contribution in [0.5, 0.6) is 11.5 Å². The minimum Gasteiger partial charge on any atom is -0.457 e. The Hall–Kier alpha value is -3.93. The molecule has 0 aliphatic carbocycles. The third-order valence-corrected chi connectivity index (χ3v) is 5.04. The largest absolute Gasteiger partial charge is 0.457 e. The maximum atomic E-state index is 12.7. The van der Waals surface area contributed by atoms with Crippen LogP contribution in [0.3, 0.4) is 0 Å². The van der Waals surface area contributed by atoms with Crippen molar-refractivity contribution in [3.8, 4) is 11.5 Å². The van der Waals surface area contributed by atoms with Gasteiger partial charge in [-0.3, -0.25) is 9.59 Å². The van der Waals surface area contributed by atoms with Gasteiger partial charge in [0.25, 0.3) is 11.8 Å². The van der Waals surface area contributed by atoms with E-state index in [-0.39, 0.29) is 17.7 Å². The standard InChI is InChI=1S/C26H27N3O3/c1-3-19(2)24(28-25(30)21-12-6-4-7-13-21)26(31)29-27-18-20-11-10-16-23(17-20)32-22-14-8-5-9-15-22/h4-19,24H,3H2,1-2H3,(H,28,30)(H,29,31). The van der Waals surface area contributed by atoms with Crippen molar-refractivity contribution in [1.29, 1.82) is 0 Å². The predicted octanol–water partition coefficient (Wildman–Crippen LogP) is 4.77. The normalized spacial score (nSPS) is 12.7. The molecule has 0 aliphatic rings. The molecule has 6 heteroatoms. The summed E-state index contributed by atoms with van der Waals surface area (Å²) >= 11 is 0. The van der Waals surface area contributed by atoms with Crippen LogP contribution in [0.15, 0.2) is 90.0 Å². The van der Waals surface area contributed by atoms with E-state index in [1.54, 1.807) is 30.5 Å². The van der Waals surface area contributed by atoms with Gasteiger partial charge in [0.05, 0.1) is 6.21 Å². The van der Waals surface area contributed by atoms with E-state index in [9.17, 15) is 9.59 Å². The Bertz CT molecular complexity index is 1050. The summed E-state index contributed by atoms with van der Waals surface area (Å²) in [5, 5.41) is 6.90. The van der Waals surface area contributed by atoms with Crippen molar-refractivity contribution in [2.75, 3.05) is 0 Å². The van der Waals surface area contributed by atoms with E-state index in [0.717, 1.165) is 17.7 Å². The number of ether oxygens (including phenoxy) is 1. The summed E-state index contributed by atoms with van der Waals surface area (Å²) < 4.78 is 5.82. The Morgan fingerprint density at radius 3 is 2.28 bits per heavy atom. The number of hydrogen-bond donors (Lipinski definition) is 2. The Labute approximate surface area is 188 Å². The van der Waals surface area contributed by atoms with Crippen LogP contribution in [0.25, 0.3) is 0 Å². The first-order chi connectivity index (χ1) is 15.6. The molecule has 6 nitrogen and oxygen atoms in total. The molecule has 0 aliphatic heterocycles. The first-order valence-electron chi connectivity index (χ1n) is 10.6. The van der Waals surface area contributed by atoms with Gasteiger partial charge in [-0.1, -0.05) is 68.8 Å². The molecule has 32 heavy (non-hydrogen) atoms. The number of hydrogen-bond acceptors (Lipinski definition) is 4. The van der Waals surface area contributed by atoms with Crippen LogP contribution in [0.2, 0.25) is 0 Å². The number of amides is 2. The van der Waals surface area contributed by atoms with Gasteiger partial charge in [-0.15, -0.1) is 0 Å². The molecule has 2 N–H and O–H groups in total. The molecule has 0 saturated carbocycles. The van der Waals surface area contributed by atoms with Gasteiger partial charge >= 0.3 is 0 Å². The van der Waals surface area contributed by atoms with Gasteiger partial charge in [0, 0.05) is 5.56 Å². The lowest BCUT2D eigenvalue weighted by atomic mass is 9.98. The Morgan fingerprint density at radius 1 is 0.938 bits per heavy atom. The van der Waals surface area contributed by atoms with Crippen molar-refractivity contribution in [3.63, 3.8) is 0 Å². The van der Waals surface area contributed by atoms with Gasteiger partial charge in [0.15, 0.2) is 0 Å². The maximum absolute atomic E-state index is 12.7. The zero-order valence-corrected chi connectivity index (χ0v) is 18.2. The fourth-order valence-electron chi connectivity index (χ4n) is 3.04. The highest BCUT2D eigenvalue weighted by Crippen LogP contribution is 2.21. The number of rotatable bonds is 9. The number of nitrogens with zero attached hydrogens (tertiary/aromatic N) is 1. The summed E-state index contributed by atoms with van der Waals surface area (Å²) in [5.74, 6) is 0.692. The van der Waals surface area contributed by atoms with Crippen molar-refractivity contribution in [2.45, 2.75) is 26.3 Å². The number of benzene rings is 3. The van der Waals surface area contributed by atoms with Gasteiger partial charge in [-0.25, -0.2) is 5.43 Å². The number of carbonyl (C=O) groups is 2. The molecule has 0 heterocycles. The molecular formula is C26H27N3O3. The van der Waals surface area contributed by atoms with E-state index in [0.29, 0.717) is 11.3 Å². The molecular weight excluding hydrogens is 402 g/mol. The molecule has 0 spiro atoms. The Morgan fingerprint density at radius 2 is 1.59 bits per heavy atom. The zero-order chi connectivity index (χ0) is 22.8. The van der Waals surface area contributed by atoms with Crippen LogP contribution in [-0.4, -0.2) is 24.1 Å². The van der Waals surface area contributed by atoms with E-state index in [2.05, 4.69) is 15.8 Å². The summed E-state index contributed by atoms with van der Waals surface area (Å²) in [7, 11) is 0. The van der Waals surface area contributed by atoms with E-state index in [1.807, 2.05) is 74.5 Å². The molecule has 164 valence electrons. The summed E-state index contributed by atoms with van der Waals surface area (Å²) in [4.78, 5) is 25.3. The van der Waals surface area contributed by atoms with Gasteiger partial charge in [-0.05, 0) is 47.9 Å². The summed E-state index contributed by atoms with van der Waals surface area (Å²) in [6.07, 6.45) is 2.28. The quantitative estimate of drug-likeness (QED) is 0.380. The molecule has 0 radical (unpaired) electrons. The lowest BCUT2D eigenvalue weighted by molar-refractivity contribution is -0.124. The number of hydrazone groups is 1. The molecule has 0 aromatic heterocycles. The number of nitrogens with one attached hydrogen (secondary N) is 2. The van der Waals surface area contributed by atoms with Gasteiger partial charge in [-0.2, -0.15) is 5.10 Å².